The fourth-order valence-electron chi connectivity index (χ4n) is 1.71. The third-order valence-corrected chi connectivity index (χ3v) is 3.76. The fraction of sp³-hybridized carbons (Fsp3) is 0.308. The summed E-state index contributed by atoms with van der Waals surface area (Å²) in [6, 6.07) is 8.00. The molecule has 0 aliphatic heterocycles. The molecule has 0 atom stereocenters. The maximum Gasteiger partial charge on any atom is 0.180 e. The first-order valence-electron chi connectivity index (χ1n) is 5.76. The Hall–Kier alpha value is -0.810. The Morgan fingerprint density at radius 2 is 2.00 bits per heavy atom. The van der Waals surface area contributed by atoms with Crippen LogP contribution in [0, 0.1) is 0 Å². The van der Waals surface area contributed by atoms with E-state index in [1.165, 1.54) is 10.4 Å². The van der Waals surface area contributed by atoms with Gasteiger partial charge in [0.05, 0.1) is 0 Å². The van der Waals surface area contributed by atoms with E-state index in [4.69, 9.17) is 17.3 Å². The number of nitrogens with zero attached hydrogens (tertiary/aromatic N) is 2. The smallest absolute Gasteiger partial charge is 0.180 e. The van der Waals surface area contributed by atoms with Crippen molar-refractivity contribution in [3.8, 4) is 0 Å². The van der Waals surface area contributed by atoms with E-state index in [9.17, 15) is 0 Å². The highest BCUT2D eigenvalue weighted by Crippen LogP contribution is 2.16. The molecule has 1 heterocycles. The van der Waals surface area contributed by atoms with Crippen LogP contribution in [0.15, 0.2) is 30.5 Å². The molecular weight excluding hydrogens is 301 g/mol. The minimum Gasteiger partial charge on any atom is -0.375 e. The van der Waals surface area contributed by atoms with Crippen molar-refractivity contribution >= 4 is 40.5 Å². The normalized spacial score (nSPS) is 10.5. The number of rotatable bonds is 5. The summed E-state index contributed by atoms with van der Waals surface area (Å²) in [5.74, 6) is 0. The Balaban J connectivity index is 0.00000180. The second-order valence-electron chi connectivity index (χ2n) is 4.28. The highest BCUT2D eigenvalue weighted by molar-refractivity contribution is 7.15. The van der Waals surface area contributed by atoms with Gasteiger partial charge in [-0.05, 0) is 31.2 Å². The van der Waals surface area contributed by atoms with Crippen LogP contribution in [0.1, 0.15) is 10.4 Å². The van der Waals surface area contributed by atoms with Gasteiger partial charge in [-0.15, -0.1) is 23.7 Å². The molecule has 1 aromatic heterocycles. The first kappa shape index (κ1) is 16.2. The molecule has 2 N–H and O–H groups in total. The summed E-state index contributed by atoms with van der Waals surface area (Å²) in [5.41, 5.74) is 6.91. The lowest BCUT2D eigenvalue weighted by Crippen LogP contribution is -2.20. The molecule has 2 aromatic rings. The molecule has 0 saturated carbocycles. The Bertz CT molecular complexity index is 499. The average Bonchev–Trinajstić information content (AvgIpc) is 2.74. The van der Waals surface area contributed by atoms with E-state index in [0.29, 0.717) is 5.13 Å². The number of halogens is 2. The topological polar surface area (TPSA) is 42.2 Å². The van der Waals surface area contributed by atoms with E-state index in [2.05, 4.69) is 29.1 Å². The molecule has 104 valence electrons. The summed E-state index contributed by atoms with van der Waals surface area (Å²) in [6.45, 7) is 1.89. The number of benzene rings is 1. The molecule has 0 saturated heterocycles. The summed E-state index contributed by atoms with van der Waals surface area (Å²) in [5, 5.41) is 1.42. The first-order chi connectivity index (χ1) is 8.63. The van der Waals surface area contributed by atoms with Crippen molar-refractivity contribution in [1.82, 2.24) is 9.88 Å². The number of hydrogen-bond donors (Lipinski definition) is 1. The van der Waals surface area contributed by atoms with Crippen molar-refractivity contribution in [2.24, 2.45) is 0 Å². The van der Waals surface area contributed by atoms with Crippen LogP contribution in [0.2, 0.25) is 5.02 Å². The van der Waals surface area contributed by atoms with Crippen LogP contribution in [-0.2, 0) is 13.0 Å². The van der Waals surface area contributed by atoms with E-state index < -0.39 is 0 Å². The van der Waals surface area contributed by atoms with Crippen molar-refractivity contribution in [3.63, 3.8) is 0 Å². The molecule has 0 amide bonds. The van der Waals surface area contributed by atoms with Crippen molar-refractivity contribution in [3.05, 3.63) is 45.9 Å². The van der Waals surface area contributed by atoms with Crippen LogP contribution < -0.4 is 5.73 Å². The molecule has 6 heteroatoms. The number of hydrogen-bond acceptors (Lipinski definition) is 4. The molecular formula is C13H17Cl2N3S. The van der Waals surface area contributed by atoms with Gasteiger partial charge in [0.2, 0.25) is 0 Å². The lowest BCUT2D eigenvalue weighted by molar-refractivity contribution is 0.334. The molecule has 2 rings (SSSR count). The minimum atomic E-state index is 0. The standard InChI is InChI=1S/C13H16ClN3S.ClH/c1-17(9-12-8-16-13(15)18-12)7-6-10-2-4-11(14)5-3-10;/h2-5,8H,6-7,9H2,1H3,(H2,15,16);1H. The summed E-state index contributed by atoms with van der Waals surface area (Å²) in [6.07, 6.45) is 2.86. The molecule has 0 spiro atoms. The van der Waals surface area contributed by atoms with Crippen LogP contribution >= 0.6 is 35.3 Å². The number of thiazole rings is 1. The van der Waals surface area contributed by atoms with Crippen LogP contribution in [-0.4, -0.2) is 23.5 Å². The highest BCUT2D eigenvalue weighted by Gasteiger charge is 2.04. The second-order valence-corrected chi connectivity index (χ2v) is 5.86. The molecule has 1 aromatic carbocycles. The molecule has 0 aliphatic rings. The van der Waals surface area contributed by atoms with Gasteiger partial charge in [-0.3, -0.25) is 0 Å². The Morgan fingerprint density at radius 1 is 1.32 bits per heavy atom. The van der Waals surface area contributed by atoms with E-state index >= 15 is 0 Å². The zero-order chi connectivity index (χ0) is 13.0. The van der Waals surface area contributed by atoms with Crippen molar-refractivity contribution in [2.75, 3.05) is 19.3 Å². The van der Waals surface area contributed by atoms with Gasteiger partial charge in [0.1, 0.15) is 0 Å². The third kappa shape index (κ3) is 5.37. The van der Waals surface area contributed by atoms with E-state index in [1.807, 2.05) is 18.3 Å². The predicted molar refractivity (Wildman–Crippen MR) is 85.3 cm³/mol. The molecule has 0 fully saturated rings. The minimum absolute atomic E-state index is 0. The van der Waals surface area contributed by atoms with Gasteiger partial charge in [0.15, 0.2) is 5.13 Å². The van der Waals surface area contributed by atoms with Gasteiger partial charge in [-0.1, -0.05) is 23.7 Å². The Labute approximate surface area is 128 Å². The summed E-state index contributed by atoms with van der Waals surface area (Å²) >= 11 is 7.40. The summed E-state index contributed by atoms with van der Waals surface area (Å²) in [7, 11) is 2.10. The Kier molecular flexibility index (Phi) is 6.58. The molecule has 0 aliphatic carbocycles. The lowest BCUT2D eigenvalue weighted by atomic mass is 10.1. The van der Waals surface area contributed by atoms with Crippen molar-refractivity contribution in [1.29, 1.82) is 0 Å². The maximum atomic E-state index is 5.86. The van der Waals surface area contributed by atoms with Crippen LogP contribution in [0.3, 0.4) is 0 Å². The van der Waals surface area contributed by atoms with Crippen molar-refractivity contribution in [2.45, 2.75) is 13.0 Å². The zero-order valence-corrected chi connectivity index (χ0v) is 13.1. The average molecular weight is 318 g/mol. The quantitative estimate of drug-likeness (QED) is 0.918. The number of likely N-dealkylation sites (N-methyl/N-ethyl adjacent to an activating group) is 1. The first-order valence-corrected chi connectivity index (χ1v) is 6.96. The van der Waals surface area contributed by atoms with Crippen molar-refractivity contribution < 1.29 is 0 Å². The van der Waals surface area contributed by atoms with Crippen LogP contribution in [0.25, 0.3) is 0 Å². The monoisotopic (exact) mass is 317 g/mol. The number of anilines is 1. The van der Waals surface area contributed by atoms with Gasteiger partial charge in [-0.2, -0.15) is 0 Å². The van der Waals surface area contributed by atoms with Crippen LogP contribution in [0.5, 0.6) is 0 Å². The largest absolute Gasteiger partial charge is 0.375 e. The number of nitrogen functional groups attached to an aromatic ring is 1. The number of nitrogens with two attached hydrogens (primary N) is 1. The van der Waals surface area contributed by atoms with Gasteiger partial charge in [-0.25, -0.2) is 4.98 Å². The summed E-state index contributed by atoms with van der Waals surface area (Å²) < 4.78 is 0. The predicted octanol–water partition coefficient (Wildman–Crippen LogP) is 3.48. The molecule has 0 bridgehead atoms. The molecule has 0 unspecified atom stereocenters. The van der Waals surface area contributed by atoms with Crippen LogP contribution in [0.4, 0.5) is 5.13 Å². The second kappa shape index (κ2) is 7.70. The highest BCUT2D eigenvalue weighted by atomic mass is 35.5. The van der Waals surface area contributed by atoms with E-state index in [-0.39, 0.29) is 12.4 Å². The zero-order valence-electron chi connectivity index (χ0n) is 10.7. The molecule has 19 heavy (non-hydrogen) atoms. The van der Waals surface area contributed by atoms with Gasteiger partial charge in [0.25, 0.3) is 0 Å². The van der Waals surface area contributed by atoms with Gasteiger partial charge in [0, 0.05) is 29.2 Å². The maximum absolute atomic E-state index is 5.86. The molecule has 0 radical (unpaired) electrons. The number of aromatic nitrogens is 1. The SMILES string of the molecule is CN(CCc1ccc(Cl)cc1)Cc1cnc(N)s1.Cl. The molecule has 3 nitrogen and oxygen atoms in total. The fourth-order valence-corrected chi connectivity index (χ4v) is 2.60. The van der Waals surface area contributed by atoms with Gasteiger partial charge < -0.3 is 10.6 Å². The van der Waals surface area contributed by atoms with Gasteiger partial charge >= 0.3 is 0 Å². The summed E-state index contributed by atoms with van der Waals surface area (Å²) in [4.78, 5) is 7.52. The lowest BCUT2D eigenvalue weighted by Gasteiger charge is -2.15. The van der Waals surface area contributed by atoms with E-state index in [1.54, 1.807) is 11.3 Å². The van der Waals surface area contributed by atoms with E-state index in [0.717, 1.165) is 24.5 Å². The third-order valence-electron chi connectivity index (χ3n) is 2.69. The Morgan fingerprint density at radius 3 is 2.58 bits per heavy atom.